The summed E-state index contributed by atoms with van der Waals surface area (Å²) in [6.07, 6.45) is 6.53. The van der Waals surface area contributed by atoms with Crippen molar-refractivity contribution < 1.29 is 4.79 Å². The van der Waals surface area contributed by atoms with Gasteiger partial charge in [-0.2, -0.15) is 0 Å². The molecule has 0 atom stereocenters. The van der Waals surface area contributed by atoms with Crippen molar-refractivity contribution in [1.82, 2.24) is 15.0 Å². The normalized spacial score (nSPS) is 14.5. The molecule has 1 aromatic carbocycles. The van der Waals surface area contributed by atoms with E-state index in [1.165, 1.54) is 18.5 Å². The first-order chi connectivity index (χ1) is 12.6. The molecule has 4 rings (SSSR count). The summed E-state index contributed by atoms with van der Waals surface area (Å²) in [5.41, 5.74) is 5.03. The number of nitrogens with one attached hydrogen (secondary N) is 1. The van der Waals surface area contributed by atoms with E-state index in [1.807, 2.05) is 13.8 Å². The lowest BCUT2D eigenvalue weighted by Gasteiger charge is -2.18. The molecule has 1 aliphatic heterocycles. The number of carbonyl (C=O) groups excluding carboxylic acids is 1. The summed E-state index contributed by atoms with van der Waals surface area (Å²) < 4.78 is 0. The van der Waals surface area contributed by atoms with Crippen molar-refractivity contribution in [2.45, 2.75) is 33.1 Å². The Balaban J connectivity index is 1.71. The van der Waals surface area contributed by atoms with Gasteiger partial charge in [0.1, 0.15) is 5.52 Å². The largest absolute Gasteiger partial charge is 0.372 e. The molecule has 1 saturated heterocycles. The molecule has 0 aliphatic carbocycles. The number of benzene rings is 1. The number of carbonyl (C=O) groups is 1. The maximum Gasteiger partial charge on any atom is 0.166 e. The first-order valence-corrected chi connectivity index (χ1v) is 9.34. The number of H-pyrrole nitrogens is 1. The molecule has 2 aromatic heterocycles. The lowest BCUT2D eigenvalue weighted by atomic mass is 10.0. The zero-order valence-electron chi connectivity index (χ0n) is 15.3. The van der Waals surface area contributed by atoms with Gasteiger partial charge in [0.25, 0.3) is 0 Å². The van der Waals surface area contributed by atoms with Crippen molar-refractivity contribution in [3.8, 4) is 11.3 Å². The third-order valence-electron chi connectivity index (χ3n) is 4.89. The van der Waals surface area contributed by atoms with E-state index in [0.717, 1.165) is 24.3 Å². The lowest BCUT2D eigenvalue weighted by Crippen LogP contribution is -2.17. The van der Waals surface area contributed by atoms with Crippen LogP contribution in [0.1, 0.15) is 43.5 Å². The monoisotopic (exact) mass is 348 g/mol. The van der Waals surface area contributed by atoms with Crippen molar-refractivity contribution in [2.75, 3.05) is 18.0 Å². The Morgan fingerprint density at radius 2 is 2.08 bits per heavy atom. The Labute approximate surface area is 153 Å². The fraction of sp³-hybridized carbons (Fsp3) is 0.381. The molecule has 0 unspecified atom stereocenters. The molecule has 26 heavy (non-hydrogen) atoms. The maximum atomic E-state index is 12.5. The van der Waals surface area contributed by atoms with Crippen LogP contribution in [0, 0.1) is 5.92 Å². The third-order valence-corrected chi connectivity index (χ3v) is 4.89. The molecule has 1 fully saturated rings. The van der Waals surface area contributed by atoms with Gasteiger partial charge in [0.2, 0.25) is 0 Å². The molecule has 1 aliphatic rings. The van der Waals surface area contributed by atoms with E-state index in [9.17, 15) is 4.79 Å². The van der Waals surface area contributed by atoms with Gasteiger partial charge >= 0.3 is 0 Å². The van der Waals surface area contributed by atoms with Crippen LogP contribution in [-0.4, -0.2) is 33.8 Å². The van der Waals surface area contributed by atoms with Crippen LogP contribution in [0.4, 0.5) is 5.69 Å². The Hall–Kier alpha value is -2.69. The minimum absolute atomic E-state index is 0.114. The molecule has 1 N–H and O–H groups in total. The second-order valence-electron chi connectivity index (χ2n) is 7.42. The number of fused-ring (bicyclic) bond motifs is 1. The predicted octanol–water partition coefficient (Wildman–Crippen LogP) is 4.45. The van der Waals surface area contributed by atoms with Gasteiger partial charge in [0.15, 0.2) is 11.4 Å². The van der Waals surface area contributed by atoms with Crippen LogP contribution in [0.3, 0.4) is 0 Å². The van der Waals surface area contributed by atoms with Crippen LogP contribution in [-0.2, 0) is 0 Å². The standard InChI is InChI=1S/C21H24N4O/c1-14(2)10-19(26)17-12-22-21-20(17)24-18(13-23-21)15-6-5-7-16(11-15)25-8-3-4-9-25/h5-7,11-14H,3-4,8-10H2,1-2H3,(H,22,23). The number of anilines is 1. The van der Waals surface area contributed by atoms with Crippen LogP contribution in [0.5, 0.6) is 0 Å². The van der Waals surface area contributed by atoms with Gasteiger partial charge in [-0.05, 0) is 30.9 Å². The van der Waals surface area contributed by atoms with Crippen LogP contribution in [0.15, 0.2) is 36.7 Å². The topological polar surface area (TPSA) is 61.9 Å². The van der Waals surface area contributed by atoms with Gasteiger partial charge in [-0.25, -0.2) is 9.97 Å². The fourth-order valence-corrected chi connectivity index (χ4v) is 3.56. The van der Waals surface area contributed by atoms with Gasteiger partial charge < -0.3 is 9.88 Å². The summed E-state index contributed by atoms with van der Waals surface area (Å²) in [4.78, 5) is 27.2. The van der Waals surface area contributed by atoms with Crippen LogP contribution >= 0.6 is 0 Å². The molecule has 0 radical (unpaired) electrons. The average molecular weight is 348 g/mol. The second kappa shape index (κ2) is 6.90. The number of rotatable bonds is 5. The van der Waals surface area contributed by atoms with Gasteiger partial charge in [-0.15, -0.1) is 0 Å². The van der Waals surface area contributed by atoms with Crippen molar-refractivity contribution in [3.05, 3.63) is 42.2 Å². The Morgan fingerprint density at radius 3 is 2.85 bits per heavy atom. The van der Waals surface area contributed by atoms with E-state index in [4.69, 9.17) is 4.98 Å². The summed E-state index contributed by atoms with van der Waals surface area (Å²) in [5.74, 6) is 0.434. The Kier molecular flexibility index (Phi) is 4.45. The average Bonchev–Trinajstić information content (AvgIpc) is 3.30. The maximum absolute atomic E-state index is 12.5. The highest BCUT2D eigenvalue weighted by molar-refractivity contribution is 6.06. The van der Waals surface area contributed by atoms with E-state index in [-0.39, 0.29) is 5.78 Å². The first kappa shape index (κ1) is 16.8. The van der Waals surface area contributed by atoms with Gasteiger partial charge in [-0.3, -0.25) is 4.79 Å². The highest BCUT2D eigenvalue weighted by Crippen LogP contribution is 2.27. The molecule has 0 saturated carbocycles. The van der Waals surface area contributed by atoms with E-state index in [1.54, 1.807) is 12.4 Å². The lowest BCUT2D eigenvalue weighted by molar-refractivity contribution is 0.0969. The zero-order chi connectivity index (χ0) is 18.1. The Morgan fingerprint density at radius 1 is 1.27 bits per heavy atom. The van der Waals surface area contributed by atoms with Gasteiger partial charge in [-0.1, -0.05) is 26.0 Å². The van der Waals surface area contributed by atoms with Crippen LogP contribution < -0.4 is 4.90 Å². The summed E-state index contributed by atoms with van der Waals surface area (Å²) >= 11 is 0. The molecular formula is C21H24N4O. The van der Waals surface area contributed by atoms with Crippen molar-refractivity contribution in [1.29, 1.82) is 0 Å². The number of aromatic amines is 1. The molecule has 3 heterocycles. The van der Waals surface area contributed by atoms with Crippen LogP contribution in [0.25, 0.3) is 22.4 Å². The minimum atomic E-state index is 0.114. The van der Waals surface area contributed by atoms with E-state index < -0.39 is 0 Å². The number of aromatic nitrogens is 3. The minimum Gasteiger partial charge on any atom is -0.372 e. The fourth-order valence-electron chi connectivity index (χ4n) is 3.56. The van der Waals surface area contributed by atoms with Crippen molar-refractivity contribution in [3.63, 3.8) is 0 Å². The third kappa shape index (κ3) is 3.21. The van der Waals surface area contributed by atoms with E-state index in [2.05, 4.69) is 39.1 Å². The molecule has 0 spiro atoms. The molecule has 0 bridgehead atoms. The van der Waals surface area contributed by atoms with E-state index in [0.29, 0.717) is 29.1 Å². The molecule has 0 amide bonds. The quantitative estimate of drug-likeness (QED) is 0.692. The number of ketones is 1. The van der Waals surface area contributed by atoms with E-state index >= 15 is 0 Å². The first-order valence-electron chi connectivity index (χ1n) is 9.34. The Bertz CT molecular complexity index is 938. The smallest absolute Gasteiger partial charge is 0.166 e. The van der Waals surface area contributed by atoms with Crippen LogP contribution in [0.2, 0.25) is 0 Å². The number of Topliss-reactive ketones (excluding diaryl/α,β-unsaturated/α-hetero) is 1. The number of hydrogen-bond donors (Lipinski definition) is 1. The summed E-state index contributed by atoms with van der Waals surface area (Å²) in [7, 11) is 0. The highest BCUT2D eigenvalue weighted by Gasteiger charge is 2.17. The predicted molar refractivity (Wildman–Crippen MR) is 105 cm³/mol. The van der Waals surface area contributed by atoms with Gasteiger partial charge in [0, 0.05) is 37.0 Å². The van der Waals surface area contributed by atoms with Crippen molar-refractivity contribution in [2.24, 2.45) is 5.92 Å². The second-order valence-corrected chi connectivity index (χ2v) is 7.42. The number of nitrogens with zero attached hydrogens (tertiary/aromatic N) is 3. The SMILES string of the molecule is CC(C)CC(=O)c1c[nH]c2ncc(-c3cccc(N4CCCC4)c3)nc12. The highest BCUT2D eigenvalue weighted by atomic mass is 16.1. The summed E-state index contributed by atoms with van der Waals surface area (Å²) in [6.45, 7) is 6.32. The number of hydrogen-bond acceptors (Lipinski definition) is 4. The summed E-state index contributed by atoms with van der Waals surface area (Å²) in [6, 6.07) is 8.44. The summed E-state index contributed by atoms with van der Waals surface area (Å²) in [5, 5.41) is 0. The molecule has 134 valence electrons. The molecule has 5 heteroatoms. The molecule has 5 nitrogen and oxygen atoms in total. The molecular weight excluding hydrogens is 324 g/mol. The van der Waals surface area contributed by atoms with Gasteiger partial charge in [0.05, 0.1) is 17.5 Å². The molecule has 3 aromatic rings. The zero-order valence-corrected chi connectivity index (χ0v) is 15.3. The van der Waals surface area contributed by atoms with Crippen molar-refractivity contribution >= 4 is 22.6 Å².